The molecule has 0 spiro atoms. The molecule has 1 rings (SSSR count). The van der Waals surface area contributed by atoms with Gasteiger partial charge in [0.15, 0.2) is 0 Å². The topological polar surface area (TPSA) is 48.1 Å². The second kappa shape index (κ2) is 5.12. The zero-order chi connectivity index (χ0) is 11.3. The van der Waals surface area contributed by atoms with Crippen molar-refractivity contribution in [3.8, 4) is 5.88 Å². The van der Waals surface area contributed by atoms with Crippen LogP contribution in [0.4, 0.5) is 0 Å². The predicted molar refractivity (Wildman–Crippen MR) is 61.7 cm³/mol. The quantitative estimate of drug-likeness (QED) is 0.826. The van der Waals surface area contributed by atoms with E-state index in [1.807, 2.05) is 12.1 Å². The molecule has 0 atom stereocenters. The Hall–Kier alpha value is -1.09. The highest BCUT2D eigenvalue weighted by atomic mass is 16.5. The van der Waals surface area contributed by atoms with Crippen LogP contribution in [0.3, 0.4) is 0 Å². The summed E-state index contributed by atoms with van der Waals surface area (Å²) >= 11 is 0. The molecule has 0 unspecified atom stereocenters. The minimum atomic E-state index is 0.303. The minimum Gasteiger partial charge on any atom is -0.478 e. The Kier molecular flexibility index (Phi) is 4.09. The average molecular weight is 208 g/mol. The van der Waals surface area contributed by atoms with Crippen molar-refractivity contribution in [1.29, 1.82) is 0 Å². The fraction of sp³-hybridized carbons (Fsp3) is 0.583. The number of hydrogen-bond acceptors (Lipinski definition) is 3. The van der Waals surface area contributed by atoms with Crippen LogP contribution in [-0.4, -0.2) is 11.6 Å². The summed E-state index contributed by atoms with van der Waals surface area (Å²) in [5.74, 6) is 0.677. The molecule has 3 heteroatoms. The molecule has 0 aromatic carbocycles. The van der Waals surface area contributed by atoms with Crippen molar-refractivity contribution in [3.63, 3.8) is 0 Å². The van der Waals surface area contributed by atoms with Gasteiger partial charge in [0, 0.05) is 18.8 Å². The highest BCUT2D eigenvalue weighted by molar-refractivity contribution is 5.17. The normalized spacial score (nSPS) is 11.5. The lowest BCUT2D eigenvalue weighted by Crippen LogP contribution is -2.11. The van der Waals surface area contributed by atoms with Gasteiger partial charge < -0.3 is 10.5 Å². The first-order chi connectivity index (χ1) is 7.01. The highest BCUT2D eigenvalue weighted by Gasteiger charge is 2.09. The summed E-state index contributed by atoms with van der Waals surface area (Å²) in [6, 6.07) is 3.81. The molecule has 0 radical (unpaired) electrons. The summed E-state index contributed by atoms with van der Waals surface area (Å²) in [5.41, 5.74) is 6.81. The monoisotopic (exact) mass is 208 g/mol. The number of ether oxygens (including phenoxy) is 1. The molecule has 0 bridgehead atoms. The van der Waals surface area contributed by atoms with Crippen LogP contribution in [-0.2, 0) is 6.54 Å². The van der Waals surface area contributed by atoms with Gasteiger partial charge in [-0.25, -0.2) is 4.98 Å². The molecule has 0 aliphatic rings. The summed E-state index contributed by atoms with van der Waals surface area (Å²) < 4.78 is 5.53. The van der Waals surface area contributed by atoms with Crippen molar-refractivity contribution in [3.05, 3.63) is 23.9 Å². The van der Waals surface area contributed by atoms with Gasteiger partial charge in [0.05, 0.1) is 6.61 Å². The van der Waals surface area contributed by atoms with E-state index in [1.165, 1.54) is 0 Å². The summed E-state index contributed by atoms with van der Waals surface area (Å²) in [6.45, 7) is 7.82. The second-order valence-corrected chi connectivity index (χ2v) is 4.87. The Labute approximate surface area is 91.7 Å². The van der Waals surface area contributed by atoms with Gasteiger partial charge in [0.2, 0.25) is 5.88 Å². The predicted octanol–water partition coefficient (Wildman–Crippen LogP) is 2.36. The Morgan fingerprint density at radius 2 is 2.07 bits per heavy atom. The van der Waals surface area contributed by atoms with Gasteiger partial charge in [-0.15, -0.1) is 0 Å². The molecule has 1 aromatic heterocycles. The van der Waals surface area contributed by atoms with E-state index >= 15 is 0 Å². The molecule has 3 nitrogen and oxygen atoms in total. The zero-order valence-corrected chi connectivity index (χ0v) is 9.79. The molecule has 0 aliphatic carbocycles. The molecule has 0 aliphatic heterocycles. The maximum Gasteiger partial charge on any atom is 0.213 e. The molecule has 15 heavy (non-hydrogen) atoms. The summed E-state index contributed by atoms with van der Waals surface area (Å²) in [7, 11) is 0. The Morgan fingerprint density at radius 1 is 1.33 bits per heavy atom. The molecule has 84 valence electrons. The third-order valence-corrected chi connectivity index (χ3v) is 2.14. The number of rotatable bonds is 4. The van der Waals surface area contributed by atoms with Crippen molar-refractivity contribution in [2.75, 3.05) is 6.61 Å². The minimum absolute atomic E-state index is 0.303. The van der Waals surface area contributed by atoms with E-state index in [2.05, 4.69) is 25.8 Å². The first-order valence-corrected chi connectivity index (χ1v) is 5.29. The molecular weight excluding hydrogens is 188 g/mol. The van der Waals surface area contributed by atoms with Crippen molar-refractivity contribution >= 4 is 0 Å². The van der Waals surface area contributed by atoms with Gasteiger partial charge in [-0.3, -0.25) is 0 Å². The van der Waals surface area contributed by atoms with E-state index in [9.17, 15) is 0 Å². The van der Waals surface area contributed by atoms with E-state index in [4.69, 9.17) is 10.5 Å². The van der Waals surface area contributed by atoms with E-state index in [0.717, 1.165) is 12.0 Å². The lowest BCUT2D eigenvalue weighted by molar-refractivity contribution is 0.236. The second-order valence-electron chi connectivity index (χ2n) is 4.87. The molecule has 1 aromatic rings. The van der Waals surface area contributed by atoms with Crippen LogP contribution in [0.5, 0.6) is 5.88 Å². The van der Waals surface area contributed by atoms with Crippen LogP contribution in [0.25, 0.3) is 0 Å². The largest absolute Gasteiger partial charge is 0.478 e. The van der Waals surface area contributed by atoms with Gasteiger partial charge in [-0.1, -0.05) is 26.8 Å². The molecule has 0 fully saturated rings. The maximum absolute atomic E-state index is 5.53. The summed E-state index contributed by atoms with van der Waals surface area (Å²) in [4.78, 5) is 4.17. The van der Waals surface area contributed by atoms with E-state index in [-0.39, 0.29) is 0 Å². The number of aromatic nitrogens is 1. The van der Waals surface area contributed by atoms with Gasteiger partial charge in [-0.05, 0) is 17.4 Å². The standard InChI is InChI=1S/C12H20N2O/c1-12(2,3)6-7-15-11-5-4-10(8-13)9-14-11/h4-5,9H,6-8,13H2,1-3H3. The Bertz CT molecular complexity index is 287. The SMILES string of the molecule is CC(C)(C)CCOc1ccc(CN)cn1. The van der Waals surface area contributed by atoms with Gasteiger partial charge in [0.1, 0.15) is 0 Å². The summed E-state index contributed by atoms with van der Waals surface area (Å²) in [5, 5.41) is 0. The third kappa shape index (κ3) is 4.79. The molecule has 0 amide bonds. The van der Waals surface area contributed by atoms with Crippen LogP contribution < -0.4 is 10.5 Å². The molecule has 0 saturated heterocycles. The van der Waals surface area contributed by atoms with E-state index in [1.54, 1.807) is 6.20 Å². The first-order valence-electron chi connectivity index (χ1n) is 5.29. The number of nitrogens with zero attached hydrogens (tertiary/aromatic N) is 1. The van der Waals surface area contributed by atoms with Crippen LogP contribution >= 0.6 is 0 Å². The smallest absolute Gasteiger partial charge is 0.213 e. The van der Waals surface area contributed by atoms with E-state index < -0.39 is 0 Å². The van der Waals surface area contributed by atoms with Crippen molar-refractivity contribution in [2.45, 2.75) is 33.7 Å². The molecule has 0 saturated carbocycles. The third-order valence-electron chi connectivity index (χ3n) is 2.14. The average Bonchev–Trinajstić information content (AvgIpc) is 2.17. The van der Waals surface area contributed by atoms with Gasteiger partial charge >= 0.3 is 0 Å². The molecular formula is C12H20N2O. The van der Waals surface area contributed by atoms with Crippen molar-refractivity contribution < 1.29 is 4.74 Å². The van der Waals surface area contributed by atoms with Crippen LogP contribution in [0.15, 0.2) is 18.3 Å². The number of hydrogen-bond donors (Lipinski definition) is 1. The maximum atomic E-state index is 5.53. The Balaban J connectivity index is 2.38. The zero-order valence-electron chi connectivity index (χ0n) is 9.79. The highest BCUT2D eigenvalue weighted by Crippen LogP contribution is 2.18. The summed E-state index contributed by atoms with van der Waals surface area (Å²) in [6.07, 6.45) is 2.78. The van der Waals surface area contributed by atoms with Crippen LogP contribution in [0.2, 0.25) is 0 Å². The van der Waals surface area contributed by atoms with E-state index in [0.29, 0.717) is 24.4 Å². The van der Waals surface area contributed by atoms with Crippen LogP contribution in [0, 0.1) is 5.41 Å². The van der Waals surface area contributed by atoms with Gasteiger partial charge in [-0.2, -0.15) is 0 Å². The fourth-order valence-corrected chi connectivity index (χ4v) is 1.08. The van der Waals surface area contributed by atoms with Crippen molar-refractivity contribution in [1.82, 2.24) is 4.98 Å². The molecule has 1 heterocycles. The van der Waals surface area contributed by atoms with Crippen LogP contribution in [0.1, 0.15) is 32.8 Å². The number of pyridine rings is 1. The first kappa shape index (κ1) is 12.0. The fourth-order valence-electron chi connectivity index (χ4n) is 1.08. The van der Waals surface area contributed by atoms with Crippen molar-refractivity contribution in [2.24, 2.45) is 11.1 Å². The lowest BCUT2D eigenvalue weighted by Gasteiger charge is -2.17. The lowest BCUT2D eigenvalue weighted by atomic mass is 9.93. The Morgan fingerprint density at radius 3 is 2.53 bits per heavy atom. The van der Waals surface area contributed by atoms with Gasteiger partial charge in [0.25, 0.3) is 0 Å². The number of nitrogens with two attached hydrogens (primary N) is 1. The molecule has 2 N–H and O–H groups in total.